The zero-order valence-electron chi connectivity index (χ0n) is 11.5. The van der Waals surface area contributed by atoms with E-state index in [1.807, 2.05) is 6.92 Å². The van der Waals surface area contributed by atoms with E-state index in [0.717, 1.165) is 38.4 Å². The average molecular weight is 241 g/mol. The summed E-state index contributed by atoms with van der Waals surface area (Å²) in [7, 11) is 0. The predicted octanol–water partition coefficient (Wildman–Crippen LogP) is 3.08. The molecule has 0 rings (SSSR count). The van der Waals surface area contributed by atoms with Crippen molar-refractivity contribution in [1.29, 1.82) is 0 Å². The highest BCUT2D eigenvalue weighted by Gasteiger charge is 2.14. The highest BCUT2D eigenvalue weighted by atomic mass is 16.1. The van der Waals surface area contributed by atoms with Crippen LogP contribution in [0.15, 0.2) is 0 Å². The van der Waals surface area contributed by atoms with Gasteiger partial charge in [0.15, 0.2) is 0 Å². The van der Waals surface area contributed by atoms with Crippen molar-refractivity contribution in [3.8, 4) is 0 Å². The quantitative estimate of drug-likeness (QED) is 0.472. The molecule has 0 bridgehead atoms. The number of hydrogen-bond donors (Lipinski definition) is 1. The van der Waals surface area contributed by atoms with Crippen LogP contribution in [0, 0.1) is 5.92 Å². The van der Waals surface area contributed by atoms with Crippen molar-refractivity contribution in [2.45, 2.75) is 71.8 Å². The van der Waals surface area contributed by atoms with E-state index >= 15 is 0 Å². The first-order valence-electron chi connectivity index (χ1n) is 6.84. The lowest BCUT2D eigenvalue weighted by molar-refractivity contribution is -0.122. The molecule has 1 unspecified atom stereocenters. The Balaban J connectivity index is 3.82. The maximum Gasteiger partial charge on any atom is 0.220 e. The second-order valence-electron chi connectivity index (χ2n) is 4.97. The van der Waals surface area contributed by atoms with E-state index in [0.29, 0.717) is 18.8 Å². The van der Waals surface area contributed by atoms with Gasteiger partial charge in [0.2, 0.25) is 5.91 Å². The molecule has 0 aromatic rings. The summed E-state index contributed by atoms with van der Waals surface area (Å²) in [6, 6.07) is 0.283. The minimum Gasteiger partial charge on any atom is -0.353 e. The second-order valence-corrected chi connectivity index (χ2v) is 4.97. The van der Waals surface area contributed by atoms with Gasteiger partial charge in [-0.05, 0) is 25.2 Å². The Hall–Kier alpha value is -0.860. The lowest BCUT2D eigenvalue weighted by Crippen LogP contribution is -2.38. The van der Waals surface area contributed by atoms with Crippen LogP contribution in [0.2, 0.25) is 0 Å². The van der Waals surface area contributed by atoms with Crippen LogP contribution < -0.4 is 5.32 Å². The maximum atomic E-state index is 11.5. The topological polar surface area (TPSA) is 46.2 Å². The molecular formula is C14H27NO2. The Morgan fingerprint density at radius 3 is 2.47 bits per heavy atom. The summed E-state index contributed by atoms with van der Waals surface area (Å²) in [4.78, 5) is 21.7. The number of nitrogens with one attached hydrogen (secondary N) is 1. The Kier molecular flexibility index (Phi) is 9.78. The summed E-state index contributed by atoms with van der Waals surface area (Å²) in [5, 5.41) is 3.10. The summed E-state index contributed by atoms with van der Waals surface area (Å²) in [6.07, 6.45) is 7.31. The minimum atomic E-state index is 0.166. The van der Waals surface area contributed by atoms with E-state index in [9.17, 15) is 9.59 Å². The van der Waals surface area contributed by atoms with Gasteiger partial charge in [-0.3, -0.25) is 4.79 Å². The van der Waals surface area contributed by atoms with Gasteiger partial charge >= 0.3 is 0 Å². The largest absolute Gasteiger partial charge is 0.353 e. The lowest BCUT2D eigenvalue weighted by Gasteiger charge is -2.22. The van der Waals surface area contributed by atoms with Crippen molar-refractivity contribution in [3.63, 3.8) is 0 Å². The molecule has 0 heterocycles. The van der Waals surface area contributed by atoms with Crippen molar-refractivity contribution in [1.82, 2.24) is 5.32 Å². The Labute approximate surface area is 105 Å². The van der Waals surface area contributed by atoms with E-state index in [2.05, 4.69) is 19.2 Å². The maximum absolute atomic E-state index is 11.5. The Morgan fingerprint density at radius 2 is 1.94 bits per heavy atom. The molecule has 1 amide bonds. The third-order valence-electron chi connectivity index (χ3n) is 2.97. The minimum absolute atomic E-state index is 0.166. The average Bonchev–Trinajstić information content (AvgIpc) is 2.27. The molecule has 0 aliphatic heterocycles. The number of amides is 1. The first-order valence-corrected chi connectivity index (χ1v) is 6.84. The normalized spacial score (nSPS) is 12.5. The van der Waals surface area contributed by atoms with Gasteiger partial charge in [-0.1, -0.05) is 33.6 Å². The van der Waals surface area contributed by atoms with Crippen LogP contribution in [0.3, 0.4) is 0 Å². The number of rotatable bonds is 10. The molecule has 1 atom stereocenters. The van der Waals surface area contributed by atoms with Gasteiger partial charge in [-0.2, -0.15) is 0 Å². The molecule has 0 aromatic carbocycles. The molecule has 0 spiro atoms. The van der Waals surface area contributed by atoms with Crippen molar-refractivity contribution in [2.24, 2.45) is 5.92 Å². The third kappa shape index (κ3) is 8.90. The first-order chi connectivity index (χ1) is 8.11. The molecular weight excluding hydrogens is 214 g/mol. The van der Waals surface area contributed by atoms with Gasteiger partial charge < -0.3 is 10.1 Å². The zero-order valence-corrected chi connectivity index (χ0v) is 11.5. The summed E-state index contributed by atoms with van der Waals surface area (Å²) < 4.78 is 0. The van der Waals surface area contributed by atoms with E-state index < -0.39 is 0 Å². The highest BCUT2D eigenvalue weighted by molar-refractivity contribution is 5.76. The number of aldehydes is 1. The van der Waals surface area contributed by atoms with Crippen LogP contribution in [0.1, 0.15) is 65.7 Å². The van der Waals surface area contributed by atoms with Crippen LogP contribution in [0.5, 0.6) is 0 Å². The van der Waals surface area contributed by atoms with E-state index in [1.54, 1.807) is 0 Å². The van der Waals surface area contributed by atoms with Gasteiger partial charge in [0.05, 0.1) is 0 Å². The standard InChI is InChI=1S/C14H27NO2/c1-4-9-14(17)15-13(12(2)3)10-7-5-6-8-11-16/h11-13H,4-10H2,1-3H3,(H,15,17). The number of carbonyl (C=O) groups excluding carboxylic acids is 2. The molecule has 0 saturated carbocycles. The molecule has 0 aromatic heterocycles. The van der Waals surface area contributed by atoms with E-state index in [1.165, 1.54) is 0 Å². The highest BCUT2D eigenvalue weighted by Crippen LogP contribution is 2.12. The predicted molar refractivity (Wildman–Crippen MR) is 70.8 cm³/mol. The molecule has 0 fully saturated rings. The Morgan fingerprint density at radius 1 is 1.24 bits per heavy atom. The Bertz CT molecular complexity index is 214. The van der Waals surface area contributed by atoms with Crippen LogP contribution in [-0.4, -0.2) is 18.2 Å². The van der Waals surface area contributed by atoms with Gasteiger partial charge in [0, 0.05) is 18.9 Å². The van der Waals surface area contributed by atoms with E-state index in [4.69, 9.17) is 0 Å². The van der Waals surface area contributed by atoms with Gasteiger partial charge in [-0.15, -0.1) is 0 Å². The van der Waals surface area contributed by atoms with Crippen LogP contribution in [0.25, 0.3) is 0 Å². The molecule has 17 heavy (non-hydrogen) atoms. The molecule has 3 heteroatoms. The molecule has 1 N–H and O–H groups in total. The molecule has 3 nitrogen and oxygen atoms in total. The summed E-state index contributed by atoms with van der Waals surface area (Å²) >= 11 is 0. The summed E-state index contributed by atoms with van der Waals surface area (Å²) in [5.41, 5.74) is 0. The third-order valence-corrected chi connectivity index (χ3v) is 2.97. The fourth-order valence-electron chi connectivity index (χ4n) is 1.85. The van der Waals surface area contributed by atoms with E-state index in [-0.39, 0.29) is 11.9 Å². The molecule has 0 radical (unpaired) electrons. The zero-order chi connectivity index (χ0) is 13.1. The van der Waals surface area contributed by atoms with Crippen LogP contribution in [0.4, 0.5) is 0 Å². The van der Waals surface area contributed by atoms with Gasteiger partial charge in [0.1, 0.15) is 6.29 Å². The first kappa shape index (κ1) is 16.1. The van der Waals surface area contributed by atoms with Gasteiger partial charge in [-0.25, -0.2) is 0 Å². The van der Waals surface area contributed by atoms with Crippen LogP contribution in [-0.2, 0) is 9.59 Å². The van der Waals surface area contributed by atoms with Crippen LogP contribution >= 0.6 is 0 Å². The lowest BCUT2D eigenvalue weighted by atomic mass is 9.97. The number of carbonyl (C=O) groups is 2. The van der Waals surface area contributed by atoms with Crippen molar-refractivity contribution in [2.75, 3.05) is 0 Å². The molecule has 0 aliphatic rings. The summed E-state index contributed by atoms with van der Waals surface area (Å²) in [5.74, 6) is 0.640. The fourth-order valence-corrected chi connectivity index (χ4v) is 1.85. The fraction of sp³-hybridized carbons (Fsp3) is 0.857. The SMILES string of the molecule is CCCC(=O)NC(CCCCCC=O)C(C)C. The molecule has 100 valence electrons. The van der Waals surface area contributed by atoms with Crippen molar-refractivity contribution >= 4 is 12.2 Å². The molecule has 0 saturated heterocycles. The van der Waals surface area contributed by atoms with Gasteiger partial charge in [0.25, 0.3) is 0 Å². The monoisotopic (exact) mass is 241 g/mol. The number of unbranched alkanes of at least 4 members (excludes halogenated alkanes) is 3. The number of hydrogen-bond acceptors (Lipinski definition) is 2. The molecule has 0 aliphatic carbocycles. The second kappa shape index (κ2) is 10.3. The van der Waals surface area contributed by atoms with Crippen molar-refractivity contribution < 1.29 is 9.59 Å². The smallest absolute Gasteiger partial charge is 0.220 e. The van der Waals surface area contributed by atoms with Crippen molar-refractivity contribution in [3.05, 3.63) is 0 Å². The summed E-state index contributed by atoms with van der Waals surface area (Å²) in [6.45, 7) is 6.30.